The number of aromatic amines is 1. The number of rotatable bonds is 2. The van der Waals surface area contributed by atoms with Crippen LogP contribution in [-0.2, 0) is 0 Å². The Kier molecular flexibility index (Phi) is 6.45. The number of nitrogens with zero attached hydrogens (tertiary/aromatic N) is 5. The van der Waals surface area contributed by atoms with Crippen LogP contribution in [0.5, 0.6) is 0 Å². The van der Waals surface area contributed by atoms with E-state index in [-0.39, 0.29) is 11.5 Å². The molecule has 3 heterocycles. The highest BCUT2D eigenvalue weighted by atomic mass is 79.9. The number of azide groups is 1. The van der Waals surface area contributed by atoms with Crippen molar-refractivity contribution >= 4 is 59.4 Å². The van der Waals surface area contributed by atoms with E-state index in [1.54, 1.807) is 18.3 Å². The molecule has 10 heteroatoms. The summed E-state index contributed by atoms with van der Waals surface area (Å²) in [6.45, 7) is 0. The molecule has 2 aromatic carbocycles. The molecule has 0 aliphatic rings. The number of fused-ring (bicyclic) bond motifs is 3. The van der Waals surface area contributed by atoms with Crippen molar-refractivity contribution in [2.24, 2.45) is 5.11 Å². The average Bonchev–Trinajstić information content (AvgIpc) is 3.15. The van der Waals surface area contributed by atoms with Crippen LogP contribution in [0.1, 0.15) is 0 Å². The van der Waals surface area contributed by atoms with Crippen LogP contribution < -0.4 is 0 Å². The zero-order valence-corrected chi connectivity index (χ0v) is 19.3. The summed E-state index contributed by atoms with van der Waals surface area (Å²) in [4.78, 5) is 13.3. The van der Waals surface area contributed by atoms with Gasteiger partial charge in [0, 0.05) is 48.1 Å². The van der Waals surface area contributed by atoms with Crippen LogP contribution in [0.3, 0.4) is 0 Å². The van der Waals surface area contributed by atoms with E-state index >= 15 is 0 Å². The fourth-order valence-electron chi connectivity index (χ4n) is 3.17. The predicted octanol–water partition coefficient (Wildman–Crippen LogP) is 8.21. The van der Waals surface area contributed by atoms with Crippen molar-refractivity contribution in [2.75, 3.05) is 0 Å². The van der Waals surface area contributed by atoms with Crippen LogP contribution in [0.2, 0.25) is 0 Å². The Morgan fingerprint density at radius 3 is 2.28 bits per heavy atom. The maximum Gasteiger partial charge on any atom is 0.165 e. The average molecular weight is 558 g/mol. The van der Waals surface area contributed by atoms with Crippen LogP contribution in [0, 0.1) is 11.6 Å². The van der Waals surface area contributed by atoms with E-state index in [0.717, 1.165) is 37.0 Å². The highest BCUT2D eigenvalue weighted by molar-refractivity contribution is 9.10. The quantitative estimate of drug-likeness (QED) is 0.134. The lowest BCUT2D eigenvalue weighted by Crippen LogP contribution is -1.85. The van der Waals surface area contributed by atoms with Gasteiger partial charge in [-0.15, -0.1) is 0 Å². The molecule has 0 spiro atoms. The Bertz CT molecular complexity index is 1480. The first-order valence-electron chi connectivity index (χ1n) is 9.13. The zero-order valence-electron chi connectivity index (χ0n) is 16.1. The van der Waals surface area contributed by atoms with Crippen molar-refractivity contribution in [3.63, 3.8) is 0 Å². The molecule has 0 aliphatic heterocycles. The Hall–Kier alpha value is -3.33. The van der Waals surface area contributed by atoms with Crippen LogP contribution >= 0.6 is 31.9 Å². The van der Waals surface area contributed by atoms with Crippen molar-refractivity contribution in [2.45, 2.75) is 0 Å². The van der Waals surface area contributed by atoms with Gasteiger partial charge in [-0.3, -0.25) is 9.97 Å². The normalized spacial score (nSPS) is 10.5. The lowest BCUT2D eigenvalue weighted by molar-refractivity contribution is 0.624. The van der Waals surface area contributed by atoms with E-state index in [4.69, 9.17) is 5.53 Å². The molecule has 0 fully saturated rings. The minimum absolute atomic E-state index is 0.0372. The van der Waals surface area contributed by atoms with Gasteiger partial charge >= 0.3 is 0 Å². The summed E-state index contributed by atoms with van der Waals surface area (Å²) in [5.41, 5.74) is 11.0. The number of H-pyrrole nitrogens is 1. The standard InChI is InChI=1S/C11H6BrFN4.C11H6BrFN2/c12-8-3-1-7(2-4-8)9-5-15-6-10(13)11(9)16-17-14;12-6-1-2-7-8-4-14-5-9(13)11(8)15-10(7)3-6/h1-6H;1-5,15H. The Labute approximate surface area is 197 Å². The first-order valence-corrected chi connectivity index (χ1v) is 10.7. The molecule has 0 saturated carbocycles. The summed E-state index contributed by atoms with van der Waals surface area (Å²) in [5.74, 6) is -0.956. The molecule has 0 radical (unpaired) electrons. The van der Waals surface area contributed by atoms with E-state index in [2.05, 4.69) is 56.8 Å². The van der Waals surface area contributed by atoms with Crippen LogP contribution in [0.15, 0.2) is 81.3 Å². The molecule has 1 N–H and O–H groups in total. The molecule has 158 valence electrons. The smallest absolute Gasteiger partial charge is 0.165 e. The van der Waals surface area contributed by atoms with E-state index in [0.29, 0.717) is 11.1 Å². The summed E-state index contributed by atoms with van der Waals surface area (Å²) in [7, 11) is 0. The second-order valence-electron chi connectivity index (χ2n) is 6.57. The van der Waals surface area contributed by atoms with Gasteiger partial charge in [-0.2, -0.15) is 0 Å². The monoisotopic (exact) mass is 556 g/mol. The van der Waals surface area contributed by atoms with Gasteiger partial charge in [-0.1, -0.05) is 55.2 Å². The molecule has 0 bridgehead atoms. The van der Waals surface area contributed by atoms with Crippen molar-refractivity contribution in [1.82, 2.24) is 15.0 Å². The number of hydrogen-bond acceptors (Lipinski definition) is 3. The fraction of sp³-hybridized carbons (Fsp3) is 0. The molecule has 5 rings (SSSR count). The van der Waals surface area contributed by atoms with Crippen molar-refractivity contribution < 1.29 is 8.78 Å². The fourth-order valence-corrected chi connectivity index (χ4v) is 3.80. The molecule has 5 aromatic rings. The number of benzene rings is 2. The topological polar surface area (TPSA) is 90.3 Å². The number of hydrogen-bond donors (Lipinski definition) is 1. The summed E-state index contributed by atoms with van der Waals surface area (Å²) >= 11 is 6.69. The number of halogens is 4. The van der Waals surface area contributed by atoms with Gasteiger partial charge in [0.1, 0.15) is 0 Å². The zero-order chi connectivity index (χ0) is 22.7. The number of nitrogens with one attached hydrogen (secondary N) is 1. The summed E-state index contributed by atoms with van der Waals surface area (Å²) < 4.78 is 28.8. The first kappa shape index (κ1) is 21.9. The molecular weight excluding hydrogens is 546 g/mol. The highest BCUT2D eigenvalue weighted by Crippen LogP contribution is 2.32. The van der Waals surface area contributed by atoms with Crippen LogP contribution in [0.4, 0.5) is 14.5 Å². The predicted molar refractivity (Wildman–Crippen MR) is 127 cm³/mol. The maximum atomic E-state index is 13.5. The van der Waals surface area contributed by atoms with Crippen LogP contribution in [-0.4, -0.2) is 15.0 Å². The lowest BCUT2D eigenvalue weighted by atomic mass is 10.1. The second kappa shape index (κ2) is 9.44. The molecule has 32 heavy (non-hydrogen) atoms. The molecule has 0 amide bonds. The Morgan fingerprint density at radius 2 is 1.53 bits per heavy atom. The minimum Gasteiger partial charge on any atom is -0.352 e. The van der Waals surface area contributed by atoms with E-state index in [1.807, 2.05) is 30.3 Å². The molecule has 6 nitrogen and oxygen atoms in total. The SMILES string of the molecule is Fc1cncc2c1[nH]c1cc(Br)ccc12.[N-]=[N+]=Nc1c(F)cncc1-c1ccc(Br)cc1. The second-order valence-corrected chi connectivity index (χ2v) is 8.40. The van der Waals surface area contributed by atoms with Gasteiger partial charge in [-0.05, 0) is 35.4 Å². The Morgan fingerprint density at radius 1 is 0.844 bits per heavy atom. The summed E-state index contributed by atoms with van der Waals surface area (Å²) in [6, 6.07) is 13.0. The highest BCUT2D eigenvalue weighted by Gasteiger charge is 2.10. The minimum atomic E-state index is -0.636. The summed E-state index contributed by atoms with van der Waals surface area (Å²) in [5, 5.41) is 5.16. The third-order valence-corrected chi connectivity index (χ3v) is 5.63. The Balaban J connectivity index is 0.000000154. The van der Waals surface area contributed by atoms with Crippen LogP contribution in [0.25, 0.3) is 43.4 Å². The molecule has 0 aliphatic carbocycles. The molecule has 0 atom stereocenters. The van der Waals surface area contributed by atoms with Gasteiger partial charge in [0.2, 0.25) is 0 Å². The maximum absolute atomic E-state index is 13.5. The van der Waals surface area contributed by atoms with Gasteiger partial charge in [-0.25, -0.2) is 8.78 Å². The van der Waals surface area contributed by atoms with E-state index in [9.17, 15) is 8.78 Å². The number of pyridine rings is 2. The van der Waals surface area contributed by atoms with Crippen molar-refractivity contribution in [3.8, 4) is 11.1 Å². The lowest BCUT2D eigenvalue weighted by Gasteiger charge is -2.05. The third kappa shape index (κ3) is 4.47. The third-order valence-electron chi connectivity index (χ3n) is 4.60. The van der Waals surface area contributed by atoms with Gasteiger partial charge in [0.05, 0.1) is 23.6 Å². The van der Waals surface area contributed by atoms with Crippen molar-refractivity contribution in [3.05, 3.63) is 98.3 Å². The largest absolute Gasteiger partial charge is 0.352 e. The molecule has 3 aromatic heterocycles. The van der Waals surface area contributed by atoms with Gasteiger partial charge in [0.15, 0.2) is 11.6 Å². The molecule has 0 saturated heterocycles. The van der Waals surface area contributed by atoms with E-state index in [1.165, 1.54) is 12.4 Å². The molecule has 0 unspecified atom stereocenters. The molecular formula is C22H12Br2F2N6. The van der Waals surface area contributed by atoms with Gasteiger partial charge < -0.3 is 4.98 Å². The number of aromatic nitrogens is 3. The first-order chi connectivity index (χ1) is 15.5. The summed E-state index contributed by atoms with van der Waals surface area (Å²) in [6.07, 6.45) is 5.38. The van der Waals surface area contributed by atoms with Gasteiger partial charge in [0.25, 0.3) is 0 Å². The van der Waals surface area contributed by atoms with E-state index < -0.39 is 5.82 Å². The van der Waals surface area contributed by atoms with Crippen molar-refractivity contribution in [1.29, 1.82) is 0 Å².